The summed E-state index contributed by atoms with van der Waals surface area (Å²) in [6.45, 7) is 1.47. The molecule has 0 spiro atoms. The second kappa shape index (κ2) is 8.50. The number of halogens is 1. The van der Waals surface area contributed by atoms with Gasteiger partial charge in [-0.15, -0.1) is 0 Å². The maximum Gasteiger partial charge on any atom is 0.223 e. The molecule has 2 aromatic carbocycles. The Bertz CT molecular complexity index is 698. The van der Waals surface area contributed by atoms with E-state index < -0.39 is 0 Å². The number of rotatable bonds is 5. The predicted molar refractivity (Wildman–Crippen MR) is 101 cm³/mol. The SMILES string of the molecule is CN(C(=O)C[C@H](c1ccccc1)c1cccc(Cl)c1)C1CCOCC1. The molecule has 0 N–H and O–H groups in total. The number of hydrogen-bond donors (Lipinski definition) is 0. The fourth-order valence-corrected chi connectivity index (χ4v) is 3.63. The van der Waals surface area contributed by atoms with Crippen LogP contribution in [0.4, 0.5) is 0 Å². The molecule has 4 heteroatoms. The molecule has 1 saturated heterocycles. The highest BCUT2D eigenvalue weighted by Crippen LogP contribution is 2.30. The van der Waals surface area contributed by atoms with Gasteiger partial charge in [-0.25, -0.2) is 0 Å². The Morgan fingerprint density at radius 3 is 2.48 bits per heavy atom. The summed E-state index contributed by atoms with van der Waals surface area (Å²) in [4.78, 5) is 14.8. The smallest absolute Gasteiger partial charge is 0.223 e. The summed E-state index contributed by atoms with van der Waals surface area (Å²) in [6, 6.07) is 18.3. The molecule has 1 atom stereocenters. The lowest BCUT2D eigenvalue weighted by Crippen LogP contribution is -2.41. The largest absolute Gasteiger partial charge is 0.381 e. The van der Waals surface area contributed by atoms with Crippen LogP contribution in [0.2, 0.25) is 5.02 Å². The third-order valence-corrected chi connectivity index (χ3v) is 5.20. The van der Waals surface area contributed by atoms with Crippen LogP contribution in [0.5, 0.6) is 0 Å². The number of benzene rings is 2. The Labute approximate surface area is 154 Å². The van der Waals surface area contributed by atoms with Gasteiger partial charge in [0.05, 0.1) is 0 Å². The average molecular weight is 358 g/mol. The minimum absolute atomic E-state index is 0.00897. The number of amides is 1. The summed E-state index contributed by atoms with van der Waals surface area (Å²) in [5.74, 6) is 0.176. The van der Waals surface area contributed by atoms with Crippen LogP contribution in [-0.4, -0.2) is 37.1 Å². The molecule has 132 valence electrons. The number of hydrogen-bond acceptors (Lipinski definition) is 2. The molecule has 0 bridgehead atoms. The first-order chi connectivity index (χ1) is 12.1. The van der Waals surface area contributed by atoms with Crippen LogP contribution >= 0.6 is 11.6 Å². The van der Waals surface area contributed by atoms with Crippen molar-refractivity contribution in [2.75, 3.05) is 20.3 Å². The second-order valence-electron chi connectivity index (χ2n) is 6.57. The molecule has 2 aromatic rings. The summed E-state index contributed by atoms with van der Waals surface area (Å²) >= 11 is 6.19. The minimum atomic E-state index is 0.00897. The van der Waals surface area contributed by atoms with E-state index in [1.54, 1.807) is 0 Å². The fourth-order valence-electron chi connectivity index (χ4n) is 3.43. The maximum atomic E-state index is 12.9. The zero-order chi connectivity index (χ0) is 17.6. The van der Waals surface area contributed by atoms with Crippen LogP contribution < -0.4 is 0 Å². The molecule has 1 amide bonds. The fraction of sp³-hybridized carbons (Fsp3) is 0.381. The van der Waals surface area contributed by atoms with E-state index in [0.717, 1.165) is 37.2 Å². The molecule has 3 nitrogen and oxygen atoms in total. The quantitative estimate of drug-likeness (QED) is 0.788. The van der Waals surface area contributed by atoms with E-state index in [-0.39, 0.29) is 17.9 Å². The first kappa shape index (κ1) is 18.0. The van der Waals surface area contributed by atoms with Gasteiger partial charge in [0, 0.05) is 43.7 Å². The molecule has 0 aliphatic carbocycles. The minimum Gasteiger partial charge on any atom is -0.381 e. The van der Waals surface area contributed by atoms with Gasteiger partial charge >= 0.3 is 0 Å². The lowest BCUT2D eigenvalue weighted by molar-refractivity contribution is -0.133. The van der Waals surface area contributed by atoms with Crippen molar-refractivity contribution in [3.8, 4) is 0 Å². The lowest BCUT2D eigenvalue weighted by Gasteiger charge is -2.32. The third-order valence-electron chi connectivity index (χ3n) is 4.96. The Morgan fingerprint density at radius 2 is 1.80 bits per heavy atom. The molecule has 1 heterocycles. The Hall–Kier alpha value is -1.84. The molecular formula is C21H24ClNO2. The number of ether oxygens (including phenoxy) is 1. The summed E-state index contributed by atoms with van der Waals surface area (Å²) < 4.78 is 5.41. The molecule has 1 aliphatic heterocycles. The van der Waals surface area contributed by atoms with Crippen LogP contribution in [-0.2, 0) is 9.53 Å². The molecule has 0 unspecified atom stereocenters. The topological polar surface area (TPSA) is 29.5 Å². The van der Waals surface area contributed by atoms with Gasteiger partial charge in [-0.05, 0) is 36.1 Å². The number of carbonyl (C=O) groups excluding carboxylic acids is 1. The monoisotopic (exact) mass is 357 g/mol. The molecule has 0 radical (unpaired) electrons. The zero-order valence-electron chi connectivity index (χ0n) is 14.5. The molecule has 0 aromatic heterocycles. The summed E-state index contributed by atoms with van der Waals surface area (Å²) in [5, 5.41) is 0.698. The van der Waals surface area contributed by atoms with E-state index in [4.69, 9.17) is 16.3 Å². The Kier molecular flexibility index (Phi) is 6.11. The molecule has 1 fully saturated rings. The Morgan fingerprint density at radius 1 is 1.12 bits per heavy atom. The molecule has 0 saturated carbocycles. The predicted octanol–water partition coefficient (Wildman–Crippen LogP) is 4.50. The van der Waals surface area contributed by atoms with Gasteiger partial charge in [-0.1, -0.05) is 54.1 Å². The van der Waals surface area contributed by atoms with Gasteiger partial charge in [0.2, 0.25) is 5.91 Å². The van der Waals surface area contributed by atoms with Crippen molar-refractivity contribution in [1.82, 2.24) is 4.90 Å². The van der Waals surface area contributed by atoms with E-state index in [1.165, 1.54) is 0 Å². The van der Waals surface area contributed by atoms with Crippen molar-refractivity contribution in [1.29, 1.82) is 0 Å². The molecule has 1 aliphatic rings. The van der Waals surface area contributed by atoms with Gasteiger partial charge in [0.1, 0.15) is 0 Å². The van der Waals surface area contributed by atoms with Crippen molar-refractivity contribution in [2.45, 2.75) is 31.2 Å². The first-order valence-electron chi connectivity index (χ1n) is 8.79. The van der Waals surface area contributed by atoms with Crippen LogP contribution in [0.15, 0.2) is 54.6 Å². The van der Waals surface area contributed by atoms with Crippen molar-refractivity contribution in [3.63, 3.8) is 0 Å². The first-order valence-corrected chi connectivity index (χ1v) is 9.17. The van der Waals surface area contributed by atoms with Crippen molar-refractivity contribution >= 4 is 17.5 Å². The van der Waals surface area contributed by atoms with E-state index in [9.17, 15) is 4.79 Å². The highest BCUT2D eigenvalue weighted by atomic mass is 35.5. The molecule has 25 heavy (non-hydrogen) atoms. The summed E-state index contributed by atoms with van der Waals surface area (Å²) in [6.07, 6.45) is 2.27. The highest BCUT2D eigenvalue weighted by Gasteiger charge is 2.26. The maximum absolute atomic E-state index is 12.9. The van der Waals surface area contributed by atoms with E-state index in [1.807, 2.05) is 54.4 Å². The van der Waals surface area contributed by atoms with E-state index >= 15 is 0 Å². The highest BCUT2D eigenvalue weighted by molar-refractivity contribution is 6.30. The van der Waals surface area contributed by atoms with Gasteiger partial charge in [0.25, 0.3) is 0 Å². The van der Waals surface area contributed by atoms with Crippen LogP contribution in [0, 0.1) is 0 Å². The molecule has 3 rings (SSSR count). The zero-order valence-corrected chi connectivity index (χ0v) is 15.3. The third kappa shape index (κ3) is 4.62. The van der Waals surface area contributed by atoms with Gasteiger partial charge < -0.3 is 9.64 Å². The van der Waals surface area contributed by atoms with Crippen molar-refractivity contribution in [2.24, 2.45) is 0 Å². The summed E-state index contributed by atoms with van der Waals surface area (Å²) in [5.41, 5.74) is 2.21. The van der Waals surface area contributed by atoms with Crippen LogP contribution in [0.3, 0.4) is 0 Å². The standard InChI is InChI=1S/C21H24ClNO2/c1-23(19-10-12-25-13-11-19)21(24)15-20(16-6-3-2-4-7-16)17-8-5-9-18(22)14-17/h2-9,14,19-20H,10-13,15H2,1H3/t20-/m1/s1. The number of nitrogens with zero attached hydrogens (tertiary/aromatic N) is 1. The lowest BCUT2D eigenvalue weighted by atomic mass is 9.88. The molecular weight excluding hydrogens is 334 g/mol. The van der Waals surface area contributed by atoms with Crippen LogP contribution in [0.1, 0.15) is 36.3 Å². The Balaban J connectivity index is 1.81. The van der Waals surface area contributed by atoms with Gasteiger partial charge in [-0.3, -0.25) is 4.79 Å². The van der Waals surface area contributed by atoms with Crippen molar-refractivity contribution in [3.05, 3.63) is 70.7 Å². The summed E-state index contributed by atoms with van der Waals surface area (Å²) in [7, 11) is 1.92. The van der Waals surface area contributed by atoms with Gasteiger partial charge in [0.15, 0.2) is 0 Å². The van der Waals surface area contributed by atoms with E-state index in [2.05, 4.69) is 12.1 Å². The number of carbonyl (C=O) groups is 1. The normalized spacial score (nSPS) is 16.4. The average Bonchev–Trinajstić information content (AvgIpc) is 2.66. The van der Waals surface area contributed by atoms with Crippen LogP contribution in [0.25, 0.3) is 0 Å². The van der Waals surface area contributed by atoms with Gasteiger partial charge in [-0.2, -0.15) is 0 Å². The van der Waals surface area contributed by atoms with E-state index in [0.29, 0.717) is 11.4 Å². The second-order valence-corrected chi connectivity index (χ2v) is 7.01. The van der Waals surface area contributed by atoms with Crippen molar-refractivity contribution < 1.29 is 9.53 Å².